The highest BCUT2D eigenvalue weighted by molar-refractivity contribution is 4.90. The van der Waals surface area contributed by atoms with Crippen LogP contribution in [0.5, 0.6) is 0 Å². The molecule has 236 valence electrons. The van der Waals surface area contributed by atoms with Gasteiger partial charge in [-0.3, -0.25) is 0 Å². The van der Waals surface area contributed by atoms with Crippen molar-refractivity contribution in [2.75, 3.05) is 6.61 Å². The third-order valence-electron chi connectivity index (χ3n) is 11.5. The Labute approximate surface area is 250 Å². The third-order valence-corrected chi connectivity index (χ3v) is 11.5. The van der Waals surface area contributed by atoms with Crippen molar-refractivity contribution < 1.29 is 14.9 Å². The van der Waals surface area contributed by atoms with Gasteiger partial charge in [-0.2, -0.15) is 0 Å². The molecule has 0 heterocycles. The lowest BCUT2D eigenvalue weighted by molar-refractivity contribution is -0.0802. The van der Waals surface area contributed by atoms with Gasteiger partial charge in [-0.25, -0.2) is 0 Å². The largest absolute Gasteiger partial charge is 0.393 e. The van der Waals surface area contributed by atoms with Gasteiger partial charge in [-0.15, -0.1) is 0 Å². The van der Waals surface area contributed by atoms with E-state index in [4.69, 9.17) is 4.74 Å². The summed E-state index contributed by atoms with van der Waals surface area (Å²) in [5.41, 5.74) is 0. The van der Waals surface area contributed by atoms with Gasteiger partial charge in [0.1, 0.15) is 0 Å². The topological polar surface area (TPSA) is 49.7 Å². The van der Waals surface area contributed by atoms with Crippen LogP contribution in [0.25, 0.3) is 0 Å². The van der Waals surface area contributed by atoms with Gasteiger partial charge in [0.25, 0.3) is 0 Å². The van der Waals surface area contributed by atoms with Gasteiger partial charge in [-0.1, -0.05) is 104 Å². The molecular formula is C37H70O3. The molecule has 0 bridgehead atoms. The number of rotatable bonds is 20. The maximum atomic E-state index is 11.0. The van der Waals surface area contributed by atoms with Crippen molar-refractivity contribution in [3.8, 4) is 0 Å². The van der Waals surface area contributed by atoms with Gasteiger partial charge >= 0.3 is 0 Å². The molecule has 0 aromatic carbocycles. The molecule has 3 rings (SSSR count). The van der Waals surface area contributed by atoms with Crippen molar-refractivity contribution in [3.05, 3.63) is 0 Å². The van der Waals surface area contributed by atoms with E-state index in [1.807, 2.05) is 0 Å². The van der Waals surface area contributed by atoms with Gasteiger partial charge < -0.3 is 14.9 Å². The van der Waals surface area contributed by atoms with Gasteiger partial charge in [0, 0.05) is 6.61 Å². The lowest BCUT2D eigenvalue weighted by Gasteiger charge is -2.43. The monoisotopic (exact) mass is 563 g/mol. The average molecular weight is 563 g/mol. The van der Waals surface area contributed by atoms with Gasteiger partial charge in [0.05, 0.1) is 18.3 Å². The molecule has 0 spiro atoms. The minimum Gasteiger partial charge on any atom is -0.393 e. The van der Waals surface area contributed by atoms with E-state index < -0.39 is 0 Å². The number of hydrogen-bond acceptors (Lipinski definition) is 3. The Balaban J connectivity index is 1.23. The summed E-state index contributed by atoms with van der Waals surface area (Å²) in [5.74, 6) is 3.66. The lowest BCUT2D eigenvalue weighted by atomic mass is 9.64. The molecule has 0 aromatic heterocycles. The summed E-state index contributed by atoms with van der Waals surface area (Å²) in [7, 11) is 0. The highest BCUT2D eigenvalue weighted by Crippen LogP contribution is 2.46. The van der Waals surface area contributed by atoms with Crippen LogP contribution in [0.3, 0.4) is 0 Å². The zero-order valence-corrected chi connectivity index (χ0v) is 27.0. The second kappa shape index (κ2) is 20.7. The molecule has 3 heteroatoms. The molecule has 3 nitrogen and oxygen atoms in total. The molecule has 6 unspecified atom stereocenters. The Bertz CT molecular complexity index is 548. The first-order chi connectivity index (χ1) is 19.6. The van der Waals surface area contributed by atoms with E-state index in [9.17, 15) is 10.2 Å². The van der Waals surface area contributed by atoms with E-state index in [1.54, 1.807) is 0 Å². The van der Waals surface area contributed by atoms with Crippen molar-refractivity contribution in [1.29, 1.82) is 0 Å². The molecule has 3 saturated carbocycles. The minimum atomic E-state index is -0.257. The molecule has 0 saturated heterocycles. The molecule has 0 aromatic rings. The second-order valence-electron chi connectivity index (χ2n) is 14.5. The predicted molar refractivity (Wildman–Crippen MR) is 171 cm³/mol. The van der Waals surface area contributed by atoms with Crippen LogP contribution >= 0.6 is 0 Å². The first kappa shape index (κ1) is 34.4. The summed E-state index contributed by atoms with van der Waals surface area (Å²) in [6, 6.07) is 0. The Morgan fingerprint density at radius 3 is 1.45 bits per heavy atom. The average Bonchev–Trinajstić information content (AvgIpc) is 2.97. The summed E-state index contributed by atoms with van der Waals surface area (Å²) in [6.45, 7) is 5.39. The minimum absolute atomic E-state index is 0.0486. The van der Waals surface area contributed by atoms with Crippen LogP contribution in [-0.4, -0.2) is 35.1 Å². The molecule has 3 fully saturated rings. The molecule has 0 amide bonds. The van der Waals surface area contributed by atoms with Crippen LogP contribution in [0.15, 0.2) is 0 Å². The van der Waals surface area contributed by atoms with Gasteiger partial charge in [0.2, 0.25) is 0 Å². The number of unbranched alkanes of at least 4 members (excludes halogenated alkanes) is 13. The zero-order valence-electron chi connectivity index (χ0n) is 27.0. The zero-order chi connectivity index (χ0) is 28.4. The van der Waals surface area contributed by atoms with Crippen LogP contribution < -0.4 is 0 Å². The van der Waals surface area contributed by atoms with E-state index in [0.29, 0.717) is 11.8 Å². The Hall–Kier alpha value is -0.120. The number of aliphatic hydroxyl groups excluding tert-OH is 2. The second-order valence-corrected chi connectivity index (χ2v) is 14.5. The molecule has 40 heavy (non-hydrogen) atoms. The maximum absolute atomic E-state index is 11.0. The summed E-state index contributed by atoms with van der Waals surface area (Å²) >= 11 is 0. The molecule has 3 aliphatic carbocycles. The van der Waals surface area contributed by atoms with E-state index in [0.717, 1.165) is 50.0 Å². The van der Waals surface area contributed by atoms with Crippen molar-refractivity contribution in [3.63, 3.8) is 0 Å². The normalized spacial score (nSPS) is 33.3. The van der Waals surface area contributed by atoms with E-state index in [1.165, 1.54) is 141 Å². The van der Waals surface area contributed by atoms with Crippen molar-refractivity contribution >= 4 is 0 Å². The number of ether oxygens (including phenoxy) is 1. The fraction of sp³-hybridized carbons (Fsp3) is 1.00. The lowest BCUT2D eigenvalue weighted by Crippen LogP contribution is -2.39. The Kier molecular flexibility index (Phi) is 17.8. The summed E-state index contributed by atoms with van der Waals surface area (Å²) < 4.78 is 6.15. The van der Waals surface area contributed by atoms with Crippen molar-refractivity contribution in [2.24, 2.45) is 29.6 Å². The summed E-state index contributed by atoms with van der Waals surface area (Å²) in [5, 5.41) is 21.8. The SMILES string of the molecule is CCCCCCCCCCC1CCC(C2CCC(C3CCC(OCCCCCCCCC)C(O)C3)CC2)CC1O. The highest BCUT2D eigenvalue weighted by atomic mass is 16.5. The van der Waals surface area contributed by atoms with Crippen LogP contribution in [0, 0.1) is 29.6 Å². The first-order valence-electron chi connectivity index (χ1n) is 18.6. The van der Waals surface area contributed by atoms with Crippen molar-refractivity contribution in [2.45, 2.75) is 199 Å². The molecule has 0 radical (unpaired) electrons. The summed E-state index contributed by atoms with van der Waals surface area (Å²) in [6.07, 6.45) is 33.6. The quantitative estimate of drug-likeness (QED) is 0.145. The van der Waals surface area contributed by atoms with E-state index in [2.05, 4.69) is 13.8 Å². The Morgan fingerprint density at radius 2 is 0.925 bits per heavy atom. The third kappa shape index (κ3) is 12.6. The molecule has 6 atom stereocenters. The van der Waals surface area contributed by atoms with Crippen LogP contribution in [0.2, 0.25) is 0 Å². The van der Waals surface area contributed by atoms with Gasteiger partial charge in [0.15, 0.2) is 0 Å². The van der Waals surface area contributed by atoms with E-state index >= 15 is 0 Å². The van der Waals surface area contributed by atoms with Crippen molar-refractivity contribution in [1.82, 2.24) is 0 Å². The van der Waals surface area contributed by atoms with Crippen LogP contribution in [0.4, 0.5) is 0 Å². The van der Waals surface area contributed by atoms with E-state index in [-0.39, 0.29) is 18.3 Å². The smallest absolute Gasteiger partial charge is 0.0834 e. The first-order valence-corrected chi connectivity index (χ1v) is 18.6. The fourth-order valence-corrected chi connectivity index (χ4v) is 8.70. The predicted octanol–water partition coefficient (Wildman–Crippen LogP) is 10.4. The number of hydrogen-bond donors (Lipinski definition) is 2. The standard InChI is InChI=1S/C37H70O3/c1-3-5-7-9-11-12-14-16-18-32-23-24-33(28-35(32)38)30-19-21-31(22-20-30)34-25-26-37(36(39)29-34)40-27-17-15-13-10-8-6-4-2/h30-39H,3-29H2,1-2H3. The Morgan fingerprint density at radius 1 is 0.475 bits per heavy atom. The van der Waals surface area contributed by atoms with Gasteiger partial charge in [-0.05, 0) is 107 Å². The summed E-state index contributed by atoms with van der Waals surface area (Å²) in [4.78, 5) is 0. The fourth-order valence-electron chi connectivity index (χ4n) is 8.70. The number of aliphatic hydroxyl groups is 2. The maximum Gasteiger partial charge on any atom is 0.0834 e. The molecule has 2 N–H and O–H groups in total. The molecule has 3 aliphatic rings. The highest BCUT2D eigenvalue weighted by Gasteiger charge is 2.38. The molecule has 0 aliphatic heterocycles. The molecular weight excluding hydrogens is 492 g/mol. The van der Waals surface area contributed by atoms with Crippen LogP contribution in [-0.2, 0) is 4.74 Å². The van der Waals surface area contributed by atoms with Crippen LogP contribution in [0.1, 0.15) is 181 Å².